The summed E-state index contributed by atoms with van der Waals surface area (Å²) < 4.78 is 10.3. The maximum atomic E-state index is 12.4. The zero-order chi connectivity index (χ0) is 19.3. The van der Waals surface area contributed by atoms with Crippen LogP contribution in [0.25, 0.3) is 0 Å². The molecule has 0 heterocycles. The van der Waals surface area contributed by atoms with Gasteiger partial charge < -0.3 is 25.0 Å². The van der Waals surface area contributed by atoms with E-state index in [2.05, 4.69) is 10.1 Å². The first-order valence-corrected chi connectivity index (χ1v) is 8.61. The lowest BCUT2D eigenvalue weighted by atomic mass is 9.91. The monoisotopic (exact) mass is 383 g/mol. The van der Waals surface area contributed by atoms with Gasteiger partial charge in [0.1, 0.15) is 24.0 Å². The summed E-state index contributed by atoms with van der Waals surface area (Å²) in [5.41, 5.74) is 0.226. The lowest BCUT2D eigenvalue weighted by Crippen LogP contribution is -2.47. The quantitative estimate of drug-likeness (QED) is 0.638. The van der Waals surface area contributed by atoms with E-state index >= 15 is 0 Å². The Kier molecular flexibility index (Phi) is 7.02. The van der Waals surface area contributed by atoms with Gasteiger partial charge in [0.2, 0.25) is 5.91 Å². The Morgan fingerprint density at radius 2 is 1.96 bits per heavy atom. The Morgan fingerprint density at radius 3 is 2.54 bits per heavy atom. The van der Waals surface area contributed by atoms with Crippen LogP contribution in [-0.2, 0) is 14.3 Å². The van der Waals surface area contributed by atoms with Gasteiger partial charge in [0.15, 0.2) is 0 Å². The molecule has 0 aliphatic heterocycles. The van der Waals surface area contributed by atoms with Crippen molar-refractivity contribution in [2.75, 3.05) is 7.11 Å². The minimum atomic E-state index is -1.19. The summed E-state index contributed by atoms with van der Waals surface area (Å²) in [4.78, 5) is 24.1. The van der Waals surface area contributed by atoms with Crippen molar-refractivity contribution in [2.24, 2.45) is 0 Å². The second-order valence-corrected chi connectivity index (χ2v) is 6.38. The molecule has 0 saturated carbocycles. The van der Waals surface area contributed by atoms with Gasteiger partial charge in [-0.2, -0.15) is 0 Å². The van der Waals surface area contributed by atoms with Crippen LogP contribution in [0.5, 0.6) is 5.75 Å². The molecular weight excluding hydrogens is 362 g/mol. The first-order chi connectivity index (χ1) is 12.3. The minimum Gasteiger partial charge on any atom is -0.484 e. The van der Waals surface area contributed by atoms with Crippen molar-refractivity contribution >= 4 is 23.5 Å². The highest BCUT2D eigenvalue weighted by atomic mass is 35.5. The van der Waals surface area contributed by atoms with Crippen LogP contribution in [0.15, 0.2) is 35.9 Å². The van der Waals surface area contributed by atoms with Crippen LogP contribution in [0.4, 0.5) is 0 Å². The van der Waals surface area contributed by atoms with Gasteiger partial charge in [-0.3, -0.25) is 4.79 Å². The molecule has 7 nitrogen and oxygen atoms in total. The highest BCUT2D eigenvalue weighted by molar-refractivity contribution is 6.30. The number of rotatable bonds is 6. The number of ether oxygens (including phenoxy) is 2. The van der Waals surface area contributed by atoms with Gasteiger partial charge in [0, 0.05) is 17.0 Å². The second-order valence-electron chi connectivity index (χ2n) is 5.95. The number of esters is 1. The molecule has 4 atom stereocenters. The average Bonchev–Trinajstić information content (AvgIpc) is 2.64. The number of amides is 1. The van der Waals surface area contributed by atoms with Crippen LogP contribution >= 0.6 is 11.6 Å². The van der Waals surface area contributed by atoms with Gasteiger partial charge in [0.05, 0.1) is 13.2 Å². The Bertz CT molecular complexity index is 675. The predicted molar refractivity (Wildman–Crippen MR) is 94.8 cm³/mol. The number of carbonyl (C=O) groups is 2. The summed E-state index contributed by atoms with van der Waals surface area (Å²) in [5.74, 6) is -0.630. The fraction of sp³-hybridized carbons (Fsp3) is 0.444. The number of carbonyl (C=O) groups excluding carboxylic acids is 2. The van der Waals surface area contributed by atoms with Crippen LogP contribution in [0, 0.1) is 0 Å². The largest absolute Gasteiger partial charge is 0.484 e. The van der Waals surface area contributed by atoms with Crippen LogP contribution < -0.4 is 10.1 Å². The number of nitrogens with one attached hydrogen (secondary N) is 1. The third-order valence-electron chi connectivity index (χ3n) is 4.10. The Labute approximate surface area is 156 Å². The van der Waals surface area contributed by atoms with Crippen molar-refractivity contribution in [3.05, 3.63) is 40.9 Å². The standard InChI is InChI=1S/C18H22ClNO6/c1-3-13(18(24)25-2)20-17(23)10-8-14(21)16(22)15(9-10)26-12-6-4-11(19)5-7-12/h4-7,9,13-16,21-22H,3,8H2,1-2H3,(H,20,23). The van der Waals surface area contributed by atoms with Crippen molar-refractivity contribution in [1.82, 2.24) is 5.32 Å². The zero-order valence-electron chi connectivity index (χ0n) is 14.5. The first-order valence-electron chi connectivity index (χ1n) is 8.23. The van der Waals surface area contributed by atoms with E-state index in [-0.39, 0.29) is 12.0 Å². The highest BCUT2D eigenvalue weighted by Gasteiger charge is 2.35. The summed E-state index contributed by atoms with van der Waals surface area (Å²) in [6, 6.07) is 5.71. The molecule has 3 N–H and O–H groups in total. The molecule has 1 aliphatic rings. The molecule has 1 amide bonds. The molecule has 0 saturated heterocycles. The van der Waals surface area contributed by atoms with Gasteiger partial charge in [-0.1, -0.05) is 18.5 Å². The molecule has 0 fully saturated rings. The van der Waals surface area contributed by atoms with Gasteiger partial charge in [-0.05, 0) is 36.8 Å². The Hall–Kier alpha value is -2.09. The Balaban J connectivity index is 2.14. The predicted octanol–water partition coefficient (Wildman–Crippen LogP) is 1.21. The average molecular weight is 384 g/mol. The smallest absolute Gasteiger partial charge is 0.328 e. The highest BCUT2D eigenvalue weighted by Crippen LogP contribution is 2.25. The van der Waals surface area contributed by atoms with E-state index < -0.39 is 36.2 Å². The van der Waals surface area contributed by atoms with E-state index in [0.717, 1.165) is 0 Å². The summed E-state index contributed by atoms with van der Waals surface area (Å²) in [6.07, 6.45) is -1.52. The lowest BCUT2D eigenvalue weighted by Gasteiger charge is -2.31. The molecule has 1 aliphatic carbocycles. The molecule has 0 bridgehead atoms. The van der Waals surface area contributed by atoms with Crippen LogP contribution in [0.1, 0.15) is 19.8 Å². The number of benzene rings is 1. The number of aliphatic hydroxyl groups is 2. The minimum absolute atomic E-state index is 0.0505. The number of aliphatic hydroxyl groups excluding tert-OH is 2. The van der Waals surface area contributed by atoms with E-state index in [0.29, 0.717) is 17.2 Å². The van der Waals surface area contributed by atoms with Crippen molar-refractivity contribution in [2.45, 2.75) is 44.1 Å². The summed E-state index contributed by atoms with van der Waals surface area (Å²) >= 11 is 5.82. The van der Waals surface area contributed by atoms with Gasteiger partial charge in [0.25, 0.3) is 0 Å². The maximum Gasteiger partial charge on any atom is 0.328 e. The lowest BCUT2D eigenvalue weighted by molar-refractivity contribution is -0.144. The fourth-order valence-electron chi connectivity index (χ4n) is 2.59. The third-order valence-corrected chi connectivity index (χ3v) is 4.35. The maximum absolute atomic E-state index is 12.4. The van der Waals surface area contributed by atoms with Gasteiger partial charge >= 0.3 is 5.97 Å². The fourth-order valence-corrected chi connectivity index (χ4v) is 2.72. The second kappa shape index (κ2) is 9.02. The normalized spacial score (nSPS) is 23.6. The van der Waals surface area contributed by atoms with Crippen LogP contribution in [-0.4, -0.2) is 53.6 Å². The molecule has 142 valence electrons. The molecular formula is C18H22ClNO6. The van der Waals surface area contributed by atoms with E-state index in [4.69, 9.17) is 16.3 Å². The van der Waals surface area contributed by atoms with Gasteiger partial charge in [-0.25, -0.2) is 4.79 Å². The van der Waals surface area contributed by atoms with E-state index in [1.807, 2.05) is 0 Å². The first kappa shape index (κ1) is 20.2. The third kappa shape index (κ3) is 4.97. The number of hydrogen-bond acceptors (Lipinski definition) is 6. The molecule has 0 spiro atoms. The molecule has 1 aromatic rings. The van der Waals surface area contributed by atoms with Crippen molar-refractivity contribution in [3.8, 4) is 5.75 Å². The number of methoxy groups -OCH3 is 1. The number of halogens is 1. The molecule has 1 aromatic carbocycles. The summed E-state index contributed by atoms with van der Waals surface area (Å²) in [6.45, 7) is 1.74. The molecule has 4 unspecified atom stereocenters. The van der Waals surface area contributed by atoms with E-state index in [1.165, 1.54) is 13.2 Å². The molecule has 2 rings (SSSR count). The van der Waals surface area contributed by atoms with Crippen LogP contribution in [0.3, 0.4) is 0 Å². The molecule has 8 heteroatoms. The van der Waals surface area contributed by atoms with Crippen molar-refractivity contribution in [1.29, 1.82) is 0 Å². The molecule has 0 aromatic heterocycles. The number of hydrogen-bond donors (Lipinski definition) is 3. The van der Waals surface area contributed by atoms with E-state index in [9.17, 15) is 19.8 Å². The Morgan fingerprint density at radius 1 is 1.31 bits per heavy atom. The summed E-state index contributed by atoms with van der Waals surface area (Å²) in [5, 5.41) is 23.3. The van der Waals surface area contributed by atoms with Crippen molar-refractivity contribution < 1.29 is 29.3 Å². The molecule has 26 heavy (non-hydrogen) atoms. The summed E-state index contributed by atoms with van der Waals surface area (Å²) in [7, 11) is 1.24. The SMILES string of the molecule is CCC(NC(=O)C1=CC(Oc2ccc(Cl)cc2)C(O)C(O)C1)C(=O)OC. The topological polar surface area (TPSA) is 105 Å². The zero-order valence-corrected chi connectivity index (χ0v) is 15.3. The van der Waals surface area contributed by atoms with Crippen molar-refractivity contribution in [3.63, 3.8) is 0 Å². The molecule has 0 radical (unpaired) electrons. The van der Waals surface area contributed by atoms with Gasteiger partial charge in [-0.15, -0.1) is 0 Å². The van der Waals surface area contributed by atoms with Crippen LogP contribution in [0.2, 0.25) is 5.02 Å². The van der Waals surface area contributed by atoms with E-state index in [1.54, 1.807) is 31.2 Å².